The smallest absolute Gasteiger partial charge is 0.255 e. The van der Waals surface area contributed by atoms with Crippen molar-refractivity contribution in [2.75, 3.05) is 13.1 Å². The molecule has 0 fully saturated rings. The number of hydrogen-bond donors (Lipinski definition) is 0. The van der Waals surface area contributed by atoms with Gasteiger partial charge in [0.1, 0.15) is 5.82 Å². The highest BCUT2D eigenvalue weighted by Gasteiger charge is 2.18. The summed E-state index contributed by atoms with van der Waals surface area (Å²) in [6.45, 7) is 5.37. The predicted molar refractivity (Wildman–Crippen MR) is 70.6 cm³/mol. The van der Waals surface area contributed by atoms with Gasteiger partial charge in [-0.2, -0.15) is 0 Å². The molecule has 0 unspecified atom stereocenters. The second kappa shape index (κ2) is 6.74. The predicted octanol–water partition coefficient (Wildman–Crippen LogP) is 3.85. The Morgan fingerprint density at radius 2 is 2.12 bits per heavy atom. The van der Waals surface area contributed by atoms with Crippen LogP contribution in [0.2, 0.25) is 0 Å². The molecule has 4 heteroatoms. The average Bonchev–Trinajstić information content (AvgIpc) is 2.33. The van der Waals surface area contributed by atoms with E-state index in [2.05, 4.69) is 22.9 Å². The van der Waals surface area contributed by atoms with Gasteiger partial charge in [0.25, 0.3) is 5.91 Å². The van der Waals surface area contributed by atoms with E-state index in [-0.39, 0.29) is 10.4 Å². The standard InChI is InChI=1S/C13H17BrFNO/c1-3-5-9-16(4-2)13(17)10-7-6-8-11(15)12(10)14/h6-8H,3-5,9H2,1-2H3. The van der Waals surface area contributed by atoms with Crippen molar-refractivity contribution in [3.05, 3.63) is 34.1 Å². The highest BCUT2D eigenvalue weighted by molar-refractivity contribution is 9.10. The molecule has 0 aliphatic heterocycles. The largest absolute Gasteiger partial charge is 0.339 e. The Balaban J connectivity index is 2.90. The molecule has 0 spiro atoms. The zero-order valence-electron chi connectivity index (χ0n) is 10.2. The number of rotatable bonds is 5. The molecule has 94 valence electrons. The molecule has 1 amide bonds. The number of amides is 1. The number of carbonyl (C=O) groups excluding carboxylic acids is 1. The topological polar surface area (TPSA) is 20.3 Å². The number of hydrogen-bond acceptors (Lipinski definition) is 1. The van der Waals surface area contributed by atoms with Gasteiger partial charge in [-0.1, -0.05) is 19.4 Å². The Bertz CT molecular complexity index is 395. The number of benzene rings is 1. The molecule has 0 radical (unpaired) electrons. The Labute approximate surface area is 110 Å². The van der Waals surface area contributed by atoms with E-state index in [9.17, 15) is 9.18 Å². The first-order valence-corrected chi connectivity index (χ1v) is 6.64. The molecule has 2 nitrogen and oxygen atoms in total. The number of halogens is 2. The van der Waals surface area contributed by atoms with E-state index in [1.54, 1.807) is 17.0 Å². The minimum Gasteiger partial charge on any atom is -0.339 e. The van der Waals surface area contributed by atoms with E-state index in [1.807, 2.05) is 6.92 Å². The first-order chi connectivity index (χ1) is 8.11. The molecule has 0 aromatic heterocycles. The van der Waals surface area contributed by atoms with Crippen LogP contribution in [0.5, 0.6) is 0 Å². The van der Waals surface area contributed by atoms with Crippen LogP contribution in [0.1, 0.15) is 37.0 Å². The minimum absolute atomic E-state index is 0.118. The van der Waals surface area contributed by atoms with Crippen molar-refractivity contribution in [1.29, 1.82) is 0 Å². The first-order valence-electron chi connectivity index (χ1n) is 5.85. The van der Waals surface area contributed by atoms with Crippen LogP contribution in [0.3, 0.4) is 0 Å². The van der Waals surface area contributed by atoms with E-state index in [0.717, 1.165) is 19.4 Å². The summed E-state index contributed by atoms with van der Waals surface area (Å²) in [5.74, 6) is -0.519. The van der Waals surface area contributed by atoms with Crippen LogP contribution in [0, 0.1) is 5.82 Å². The molecular formula is C13H17BrFNO. The van der Waals surface area contributed by atoms with Crippen LogP contribution in [-0.4, -0.2) is 23.9 Å². The fourth-order valence-electron chi connectivity index (χ4n) is 1.59. The van der Waals surface area contributed by atoms with Crippen LogP contribution in [0.4, 0.5) is 4.39 Å². The Morgan fingerprint density at radius 3 is 2.71 bits per heavy atom. The monoisotopic (exact) mass is 301 g/mol. The maximum Gasteiger partial charge on any atom is 0.255 e. The van der Waals surface area contributed by atoms with Gasteiger partial charge in [0.2, 0.25) is 0 Å². The lowest BCUT2D eigenvalue weighted by molar-refractivity contribution is 0.0761. The summed E-state index contributed by atoms with van der Waals surface area (Å²) in [6.07, 6.45) is 2.00. The summed E-state index contributed by atoms with van der Waals surface area (Å²) < 4.78 is 13.6. The lowest BCUT2D eigenvalue weighted by Crippen LogP contribution is -2.32. The SMILES string of the molecule is CCCCN(CC)C(=O)c1cccc(F)c1Br. The fraction of sp³-hybridized carbons (Fsp3) is 0.462. The van der Waals surface area contributed by atoms with E-state index >= 15 is 0 Å². The van der Waals surface area contributed by atoms with Crippen LogP contribution in [0.25, 0.3) is 0 Å². The molecule has 0 aliphatic rings. The number of nitrogens with zero attached hydrogens (tertiary/aromatic N) is 1. The summed E-state index contributed by atoms with van der Waals surface area (Å²) in [4.78, 5) is 13.9. The van der Waals surface area contributed by atoms with E-state index in [1.165, 1.54) is 6.07 Å². The van der Waals surface area contributed by atoms with Crippen molar-refractivity contribution in [3.63, 3.8) is 0 Å². The summed E-state index contributed by atoms with van der Waals surface area (Å²) in [6, 6.07) is 4.54. The molecule has 0 N–H and O–H groups in total. The maximum atomic E-state index is 13.3. The van der Waals surface area contributed by atoms with Crippen LogP contribution in [0.15, 0.2) is 22.7 Å². The highest BCUT2D eigenvalue weighted by atomic mass is 79.9. The van der Waals surface area contributed by atoms with Crippen LogP contribution in [-0.2, 0) is 0 Å². The van der Waals surface area contributed by atoms with Gasteiger partial charge in [0, 0.05) is 13.1 Å². The molecule has 1 rings (SSSR count). The third kappa shape index (κ3) is 3.53. The van der Waals surface area contributed by atoms with E-state index in [0.29, 0.717) is 12.1 Å². The molecule has 0 aliphatic carbocycles. The van der Waals surface area contributed by atoms with Crippen molar-refractivity contribution >= 4 is 21.8 Å². The van der Waals surface area contributed by atoms with E-state index < -0.39 is 5.82 Å². The van der Waals surface area contributed by atoms with Crippen molar-refractivity contribution in [2.45, 2.75) is 26.7 Å². The van der Waals surface area contributed by atoms with Gasteiger partial charge >= 0.3 is 0 Å². The first kappa shape index (κ1) is 14.2. The van der Waals surface area contributed by atoms with Crippen molar-refractivity contribution < 1.29 is 9.18 Å². The highest BCUT2D eigenvalue weighted by Crippen LogP contribution is 2.22. The Kier molecular flexibility index (Phi) is 5.62. The van der Waals surface area contributed by atoms with E-state index in [4.69, 9.17) is 0 Å². The second-order valence-electron chi connectivity index (χ2n) is 3.84. The summed E-state index contributed by atoms with van der Waals surface area (Å²) >= 11 is 3.12. The molecular weight excluding hydrogens is 285 g/mol. The molecule has 0 atom stereocenters. The van der Waals surface area contributed by atoms with Crippen molar-refractivity contribution in [1.82, 2.24) is 4.90 Å². The van der Waals surface area contributed by atoms with Crippen LogP contribution < -0.4 is 0 Å². The molecule has 1 aromatic carbocycles. The number of unbranched alkanes of at least 4 members (excludes halogenated alkanes) is 1. The lowest BCUT2D eigenvalue weighted by atomic mass is 10.2. The van der Waals surface area contributed by atoms with Gasteiger partial charge < -0.3 is 4.90 Å². The van der Waals surface area contributed by atoms with Crippen LogP contribution >= 0.6 is 15.9 Å². The van der Waals surface area contributed by atoms with Gasteiger partial charge in [-0.25, -0.2) is 4.39 Å². The molecule has 0 saturated heterocycles. The van der Waals surface area contributed by atoms with Gasteiger partial charge in [0.15, 0.2) is 0 Å². The normalized spacial score (nSPS) is 10.4. The fourth-order valence-corrected chi connectivity index (χ4v) is 2.03. The quantitative estimate of drug-likeness (QED) is 0.809. The van der Waals surface area contributed by atoms with Gasteiger partial charge in [-0.3, -0.25) is 4.79 Å². The third-order valence-corrected chi connectivity index (χ3v) is 3.44. The average molecular weight is 302 g/mol. The Hall–Kier alpha value is -0.900. The van der Waals surface area contributed by atoms with Gasteiger partial charge in [-0.15, -0.1) is 0 Å². The Morgan fingerprint density at radius 1 is 1.41 bits per heavy atom. The minimum atomic E-state index is -0.401. The lowest BCUT2D eigenvalue weighted by Gasteiger charge is -2.21. The van der Waals surface area contributed by atoms with Crippen molar-refractivity contribution in [2.24, 2.45) is 0 Å². The zero-order chi connectivity index (χ0) is 12.8. The molecule has 0 bridgehead atoms. The summed E-state index contributed by atoms with van der Waals surface area (Å²) in [5.41, 5.74) is 0.392. The zero-order valence-corrected chi connectivity index (χ0v) is 11.8. The molecule has 17 heavy (non-hydrogen) atoms. The number of carbonyl (C=O) groups is 1. The van der Waals surface area contributed by atoms with Gasteiger partial charge in [-0.05, 0) is 41.4 Å². The van der Waals surface area contributed by atoms with Gasteiger partial charge in [0.05, 0.1) is 10.0 Å². The third-order valence-electron chi connectivity index (χ3n) is 2.63. The maximum absolute atomic E-state index is 13.3. The van der Waals surface area contributed by atoms with Crippen molar-refractivity contribution in [3.8, 4) is 0 Å². The second-order valence-corrected chi connectivity index (χ2v) is 4.63. The molecule has 1 aromatic rings. The molecule has 0 heterocycles. The summed E-state index contributed by atoms with van der Waals surface area (Å²) in [5, 5.41) is 0. The molecule has 0 saturated carbocycles. The summed E-state index contributed by atoms with van der Waals surface area (Å²) in [7, 11) is 0.